The number of carbonyl (C=O) groups excluding carboxylic acids is 1. The molecule has 0 unspecified atom stereocenters. The second-order valence-corrected chi connectivity index (χ2v) is 10.3. The number of aromatic nitrogens is 2. The first-order valence-electron chi connectivity index (χ1n) is 12.0. The largest absolute Gasteiger partial charge is 0.444 e. The number of carbonyl (C=O) groups is 1. The van der Waals surface area contributed by atoms with E-state index in [4.69, 9.17) is 4.74 Å². The maximum absolute atomic E-state index is 13.0. The highest BCUT2D eigenvalue weighted by Gasteiger charge is 2.29. The van der Waals surface area contributed by atoms with Crippen LogP contribution < -0.4 is 5.56 Å². The lowest BCUT2D eigenvalue weighted by Gasteiger charge is -2.30. The predicted molar refractivity (Wildman–Crippen MR) is 139 cm³/mol. The van der Waals surface area contributed by atoms with Gasteiger partial charge in [-0.05, 0) is 69.0 Å². The van der Waals surface area contributed by atoms with Crippen LogP contribution in [-0.2, 0) is 24.8 Å². The van der Waals surface area contributed by atoms with Crippen molar-refractivity contribution in [1.29, 1.82) is 0 Å². The number of hydrogen-bond donors (Lipinski definition) is 0. The van der Waals surface area contributed by atoms with Crippen molar-refractivity contribution in [1.82, 2.24) is 14.0 Å². The highest BCUT2D eigenvalue weighted by Crippen LogP contribution is 2.32. The van der Waals surface area contributed by atoms with Gasteiger partial charge in [0.2, 0.25) is 0 Å². The minimum absolute atomic E-state index is 0.0718. The van der Waals surface area contributed by atoms with Crippen LogP contribution in [-0.4, -0.2) is 32.3 Å². The van der Waals surface area contributed by atoms with Gasteiger partial charge in [-0.2, -0.15) is 0 Å². The standard InChI is InChI=1S/C29H31N3O3/c1-19-6-8-20(9-7-19)21-12-15-32(27(33)16-21)22-10-11-23-24-13-14-31(28(34)35-29(2,3)4)18-26(24)30(5)25(23)17-22/h6-12,15-17H,13-14,18H2,1-5H3. The summed E-state index contributed by atoms with van der Waals surface area (Å²) in [6, 6.07) is 18.0. The van der Waals surface area contributed by atoms with E-state index in [1.807, 2.05) is 65.2 Å². The molecule has 6 nitrogen and oxygen atoms in total. The van der Waals surface area contributed by atoms with Crippen molar-refractivity contribution >= 4 is 17.0 Å². The van der Waals surface area contributed by atoms with Gasteiger partial charge in [0, 0.05) is 36.9 Å². The van der Waals surface area contributed by atoms with Crippen LogP contribution in [0.25, 0.3) is 27.7 Å². The van der Waals surface area contributed by atoms with E-state index < -0.39 is 5.60 Å². The van der Waals surface area contributed by atoms with Crippen molar-refractivity contribution in [3.05, 3.63) is 88.0 Å². The molecule has 3 heterocycles. The van der Waals surface area contributed by atoms with E-state index in [1.54, 1.807) is 15.5 Å². The minimum atomic E-state index is -0.520. The van der Waals surface area contributed by atoms with Gasteiger partial charge in [-0.25, -0.2) is 4.79 Å². The molecule has 180 valence electrons. The summed E-state index contributed by atoms with van der Waals surface area (Å²) in [5.41, 5.74) is 6.77. The molecule has 0 saturated heterocycles. The molecule has 1 aliphatic rings. The molecule has 0 fully saturated rings. The highest BCUT2D eigenvalue weighted by atomic mass is 16.6. The molecule has 0 N–H and O–H groups in total. The smallest absolute Gasteiger partial charge is 0.410 e. The van der Waals surface area contributed by atoms with E-state index in [2.05, 4.69) is 28.8 Å². The predicted octanol–water partition coefficient (Wildman–Crippen LogP) is 5.60. The second-order valence-electron chi connectivity index (χ2n) is 10.3. The monoisotopic (exact) mass is 469 g/mol. The summed E-state index contributed by atoms with van der Waals surface area (Å²) in [6.45, 7) is 8.84. The van der Waals surface area contributed by atoms with E-state index in [1.165, 1.54) is 16.5 Å². The highest BCUT2D eigenvalue weighted by molar-refractivity contribution is 5.88. The zero-order valence-corrected chi connectivity index (χ0v) is 21.0. The van der Waals surface area contributed by atoms with Gasteiger partial charge < -0.3 is 14.2 Å². The lowest BCUT2D eigenvalue weighted by molar-refractivity contribution is 0.0220. The van der Waals surface area contributed by atoms with Gasteiger partial charge in [0.25, 0.3) is 5.56 Å². The molecule has 5 rings (SSSR count). The van der Waals surface area contributed by atoms with Crippen LogP contribution in [0.15, 0.2) is 65.6 Å². The number of rotatable bonds is 2. The first-order chi connectivity index (χ1) is 16.6. The number of aryl methyl sites for hydroxylation is 2. The number of amides is 1. The number of fused-ring (bicyclic) bond motifs is 3. The van der Waals surface area contributed by atoms with Crippen molar-refractivity contribution in [3.63, 3.8) is 0 Å². The van der Waals surface area contributed by atoms with E-state index >= 15 is 0 Å². The Hall–Kier alpha value is -3.80. The first kappa shape index (κ1) is 23.0. The number of pyridine rings is 1. The average molecular weight is 470 g/mol. The molecule has 6 heteroatoms. The molecule has 0 saturated carbocycles. The fourth-order valence-electron chi connectivity index (χ4n) is 4.79. The molecule has 35 heavy (non-hydrogen) atoms. The maximum atomic E-state index is 13.0. The maximum Gasteiger partial charge on any atom is 0.410 e. The van der Waals surface area contributed by atoms with Gasteiger partial charge in [-0.15, -0.1) is 0 Å². The summed E-state index contributed by atoms with van der Waals surface area (Å²) >= 11 is 0. The number of benzene rings is 2. The summed E-state index contributed by atoms with van der Waals surface area (Å²) < 4.78 is 9.40. The number of hydrogen-bond acceptors (Lipinski definition) is 3. The fourth-order valence-corrected chi connectivity index (χ4v) is 4.79. The molecule has 2 aromatic carbocycles. The van der Waals surface area contributed by atoms with Crippen molar-refractivity contribution in [2.24, 2.45) is 7.05 Å². The first-order valence-corrected chi connectivity index (χ1v) is 12.0. The third kappa shape index (κ3) is 4.36. The van der Waals surface area contributed by atoms with Crippen LogP contribution in [0.2, 0.25) is 0 Å². The summed E-state index contributed by atoms with van der Waals surface area (Å²) in [6.07, 6.45) is 2.33. The van der Waals surface area contributed by atoms with Crippen LogP contribution in [0.3, 0.4) is 0 Å². The van der Waals surface area contributed by atoms with E-state index in [-0.39, 0.29) is 11.7 Å². The molecule has 0 spiro atoms. The molecule has 0 bridgehead atoms. The summed E-state index contributed by atoms with van der Waals surface area (Å²) in [7, 11) is 2.02. The van der Waals surface area contributed by atoms with Gasteiger partial charge in [0.05, 0.1) is 17.7 Å². The van der Waals surface area contributed by atoms with Crippen LogP contribution in [0.4, 0.5) is 4.79 Å². The lowest BCUT2D eigenvalue weighted by atomic mass is 10.0. The van der Waals surface area contributed by atoms with E-state index in [9.17, 15) is 9.59 Å². The third-order valence-electron chi connectivity index (χ3n) is 6.63. The zero-order chi connectivity index (χ0) is 24.9. The number of nitrogens with zero attached hydrogens (tertiary/aromatic N) is 3. The molecule has 1 aliphatic heterocycles. The lowest BCUT2D eigenvalue weighted by Crippen LogP contribution is -2.40. The third-order valence-corrected chi connectivity index (χ3v) is 6.63. The Morgan fingerprint density at radius 2 is 1.71 bits per heavy atom. The fraction of sp³-hybridized carbons (Fsp3) is 0.310. The minimum Gasteiger partial charge on any atom is -0.444 e. The second kappa shape index (κ2) is 8.45. The van der Waals surface area contributed by atoms with Gasteiger partial charge in [-0.1, -0.05) is 35.9 Å². The molecular formula is C29H31N3O3. The van der Waals surface area contributed by atoms with E-state index in [0.29, 0.717) is 13.1 Å². The molecule has 0 atom stereocenters. The van der Waals surface area contributed by atoms with Gasteiger partial charge in [-0.3, -0.25) is 9.36 Å². The van der Waals surface area contributed by atoms with Crippen molar-refractivity contribution < 1.29 is 9.53 Å². The Kier molecular flexibility index (Phi) is 5.55. The Morgan fingerprint density at radius 1 is 0.971 bits per heavy atom. The Morgan fingerprint density at radius 3 is 2.40 bits per heavy atom. The SMILES string of the molecule is Cc1ccc(-c2ccn(-c3ccc4c5c(n(C)c4c3)CN(C(=O)OC(C)(C)C)CC5)c(=O)c2)cc1. The topological polar surface area (TPSA) is 56.5 Å². The average Bonchev–Trinajstić information content (AvgIpc) is 3.09. The van der Waals surface area contributed by atoms with Crippen molar-refractivity contribution in [2.75, 3.05) is 6.54 Å². The zero-order valence-electron chi connectivity index (χ0n) is 21.0. The summed E-state index contributed by atoms with van der Waals surface area (Å²) in [4.78, 5) is 27.4. The van der Waals surface area contributed by atoms with Gasteiger partial charge in [0.15, 0.2) is 0 Å². The molecule has 0 radical (unpaired) electrons. The molecule has 0 aliphatic carbocycles. The van der Waals surface area contributed by atoms with Crippen molar-refractivity contribution in [3.8, 4) is 16.8 Å². The molecule has 4 aromatic rings. The van der Waals surface area contributed by atoms with Gasteiger partial charge >= 0.3 is 6.09 Å². The van der Waals surface area contributed by atoms with Crippen LogP contribution in [0.1, 0.15) is 37.6 Å². The Balaban J connectivity index is 1.47. The molecular weight excluding hydrogens is 438 g/mol. The Bertz CT molecular complexity index is 1490. The quantitative estimate of drug-likeness (QED) is 0.384. The number of ether oxygens (including phenoxy) is 1. The van der Waals surface area contributed by atoms with Crippen LogP contribution in [0.5, 0.6) is 0 Å². The van der Waals surface area contributed by atoms with Gasteiger partial charge in [0.1, 0.15) is 5.60 Å². The summed E-state index contributed by atoms with van der Waals surface area (Å²) in [5.74, 6) is 0. The summed E-state index contributed by atoms with van der Waals surface area (Å²) in [5, 5.41) is 1.17. The van der Waals surface area contributed by atoms with Crippen LogP contribution in [0, 0.1) is 6.92 Å². The van der Waals surface area contributed by atoms with E-state index in [0.717, 1.165) is 34.4 Å². The van der Waals surface area contributed by atoms with Crippen LogP contribution >= 0.6 is 0 Å². The molecule has 1 amide bonds. The van der Waals surface area contributed by atoms with Crippen molar-refractivity contribution in [2.45, 2.75) is 46.3 Å². The molecule has 2 aromatic heterocycles. The normalized spacial score (nSPS) is 13.7. The Labute approximate surface area is 205 Å².